The average Bonchev–Trinajstić information content (AvgIpc) is 2.24. The molecular weight excluding hydrogens is 251 g/mol. The predicted octanol–water partition coefficient (Wildman–Crippen LogP) is 2.41. The lowest BCUT2D eigenvalue weighted by Gasteiger charge is -2.17. The fraction of sp³-hybridized carbons (Fsp3) is 0.667. The number of hydrogen-bond donors (Lipinski definition) is 1. The Morgan fingerprint density at radius 1 is 1.38 bits per heavy atom. The van der Waals surface area contributed by atoms with Gasteiger partial charge in [-0.3, -0.25) is 0 Å². The molecule has 0 aromatic carbocycles. The molecule has 1 N–H and O–H groups in total. The molecule has 1 rings (SSSR count). The number of hydrogen-bond acceptors (Lipinski definition) is 5. The Kier molecular flexibility index (Phi) is 5.73. The van der Waals surface area contributed by atoms with Crippen molar-refractivity contribution in [3.63, 3.8) is 0 Å². The van der Waals surface area contributed by atoms with E-state index < -0.39 is 0 Å². The van der Waals surface area contributed by atoms with E-state index in [1.807, 2.05) is 0 Å². The van der Waals surface area contributed by atoms with Gasteiger partial charge in [-0.25, -0.2) is 0 Å². The first-order valence-electron chi connectivity index (χ1n) is 4.98. The van der Waals surface area contributed by atoms with Gasteiger partial charge < -0.3 is 10.1 Å². The number of nitrogens with zero attached hydrogens (tertiary/aromatic N) is 3. The molecule has 0 radical (unpaired) electrons. The van der Waals surface area contributed by atoms with Crippen molar-refractivity contribution in [1.29, 1.82) is 0 Å². The summed E-state index contributed by atoms with van der Waals surface area (Å²) in [5.74, 6) is 0.442. The smallest absolute Gasteiger partial charge is 0.245 e. The van der Waals surface area contributed by atoms with Crippen LogP contribution in [0.1, 0.15) is 19.8 Å². The molecule has 16 heavy (non-hydrogen) atoms. The summed E-state index contributed by atoms with van der Waals surface area (Å²) in [4.78, 5) is 3.97. The third kappa shape index (κ3) is 4.08. The fourth-order valence-electron chi connectivity index (χ4n) is 1.33. The standard InChI is InChI=1S/C9H14Cl2N4O/c1-3-4-6(5-16-2)12-8-7(10)14-15-9(11)13-8/h6H,3-5H2,1-2H3,(H,12,13,15). The summed E-state index contributed by atoms with van der Waals surface area (Å²) in [6.07, 6.45) is 1.98. The number of rotatable bonds is 6. The van der Waals surface area contributed by atoms with Crippen LogP contribution in [-0.2, 0) is 4.74 Å². The maximum absolute atomic E-state index is 5.84. The van der Waals surface area contributed by atoms with E-state index in [1.165, 1.54) is 0 Å². The van der Waals surface area contributed by atoms with Gasteiger partial charge in [0.25, 0.3) is 0 Å². The van der Waals surface area contributed by atoms with E-state index in [0.29, 0.717) is 12.4 Å². The second-order valence-corrected chi connectivity index (χ2v) is 4.00. The highest BCUT2D eigenvalue weighted by molar-refractivity contribution is 6.32. The molecule has 0 saturated carbocycles. The molecule has 0 spiro atoms. The van der Waals surface area contributed by atoms with E-state index in [-0.39, 0.29) is 16.5 Å². The number of methoxy groups -OCH3 is 1. The van der Waals surface area contributed by atoms with E-state index in [2.05, 4.69) is 27.4 Å². The van der Waals surface area contributed by atoms with Gasteiger partial charge in [0, 0.05) is 7.11 Å². The van der Waals surface area contributed by atoms with Crippen LogP contribution in [0.25, 0.3) is 0 Å². The van der Waals surface area contributed by atoms with Crippen LogP contribution in [0, 0.1) is 0 Å². The molecule has 90 valence electrons. The van der Waals surface area contributed by atoms with Gasteiger partial charge in [-0.1, -0.05) is 24.9 Å². The van der Waals surface area contributed by atoms with Crippen molar-refractivity contribution in [3.05, 3.63) is 10.4 Å². The maximum atomic E-state index is 5.84. The van der Waals surface area contributed by atoms with Gasteiger partial charge in [0.15, 0.2) is 11.0 Å². The number of aromatic nitrogens is 3. The van der Waals surface area contributed by atoms with Crippen LogP contribution in [0.3, 0.4) is 0 Å². The normalized spacial score (nSPS) is 12.5. The maximum Gasteiger partial charge on any atom is 0.245 e. The van der Waals surface area contributed by atoms with Crippen LogP contribution in [0.4, 0.5) is 5.82 Å². The molecule has 0 aliphatic carbocycles. The summed E-state index contributed by atoms with van der Waals surface area (Å²) < 4.78 is 5.10. The number of anilines is 1. The molecule has 0 aliphatic rings. The van der Waals surface area contributed by atoms with Crippen LogP contribution in [0.2, 0.25) is 10.4 Å². The van der Waals surface area contributed by atoms with Crippen molar-refractivity contribution < 1.29 is 4.74 Å². The Morgan fingerprint density at radius 3 is 2.75 bits per heavy atom. The zero-order valence-corrected chi connectivity index (χ0v) is 10.7. The zero-order valence-electron chi connectivity index (χ0n) is 9.20. The summed E-state index contributed by atoms with van der Waals surface area (Å²) in [6.45, 7) is 2.67. The predicted molar refractivity (Wildman–Crippen MR) is 64.0 cm³/mol. The van der Waals surface area contributed by atoms with Gasteiger partial charge in [-0.15, -0.1) is 10.2 Å². The minimum absolute atomic E-state index is 0.0690. The van der Waals surface area contributed by atoms with E-state index in [1.54, 1.807) is 7.11 Å². The SMILES string of the molecule is CCCC(COC)Nc1nc(Cl)nnc1Cl. The second-order valence-electron chi connectivity index (χ2n) is 3.31. The summed E-state index contributed by atoms with van der Waals surface area (Å²) in [5.41, 5.74) is 0. The van der Waals surface area contributed by atoms with Gasteiger partial charge in [0.2, 0.25) is 5.28 Å². The Bertz CT molecular complexity index is 331. The zero-order chi connectivity index (χ0) is 12.0. The monoisotopic (exact) mass is 264 g/mol. The largest absolute Gasteiger partial charge is 0.383 e. The third-order valence-corrected chi connectivity index (χ3v) is 2.38. The molecule has 0 fully saturated rings. The summed E-state index contributed by atoms with van der Waals surface area (Å²) in [5, 5.41) is 10.6. The van der Waals surface area contributed by atoms with Gasteiger partial charge in [0.05, 0.1) is 12.6 Å². The summed E-state index contributed by atoms with van der Waals surface area (Å²) >= 11 is 11.5. The number of nitrogens with one attached hydrogen (secondary N) is 1. The van der Waals surface area contributed by atoms with Crippen molar-refractivity contribution >= 4 is 29.0 Å². The highest BCUT2D eigenvalue weighted by Crippen LogP contribution is 2.18. The lowest BCUT2D eigenvalue weighted by atomic mass is 10.2. The van der Waals surface area contributed by atoms with Crippen LogP contribution in [-0.4, -0.2) is 34.9 Å². The van der Waals surface area contributed by atoms with Crippen LogP contribution in [0.5, 0.6) is 0 Å². The van der Waals surface area contributed by atoms with Crippen molar-refractivity contribution in [3.8, 4) is 0 Å². The molecule has 5 nitrogen and oxygen atoms in total. The van der Waals surface area contributed by atoms with Gasteiger partial charge in [-0.05, 0) is 18.0 Å². The quantitative estimate of drug-likeness (QED) is 0.855. The van der Waals surface area contributed by atoms with Crippen molar-refractivity contribution in [2.24, 2.45) is 0 Å². The molecule has 1 atom stereocenters. The van der Waals surface area contributed by atoms with Gasteiger partial charge in [0.1, 0.15) is 0 Å². The first kappa shape index (κ1) is 13.4. The Balaban J connectivity index is 2.71. The van der Waals surface area contributed by atoms with Gasteiger partial charge >= 0.3 is 0 Å². The molecule has 0 amide bonds. The molecule has 1 aromatic rings. The molecule has 0 aliphatic heterocycles. The molecule has 0 saturated heterocycles. The number of ether oxygens (including phenoxy) is 1. The van der Waals surface area contributed by atoms with E-state index in [0.717, 1.165) is 12.8 Å². The first-order chi connectivity index (χ1) is 7.67. The molecule has 1 heterocycles. The van der Waals surface area contributed by atoms with Crippen molar-refractivity contribution in [2.75, 3.05) is 19.0 Å². The number of halogens is 2. The van der Waals surface area contributed by atoms with Crippen molar-refractivity contribution in [2.45, 2.75) is 25.8 Å². The van der Waals surface area contributed by atoms with Crippen LogP contribution < -0.4 is 5.32 Å². The van der Waals surface area contributed by atoms with E-state index >= 15 is 0 Å². The van der Waals surface area contributed by atoms with Crippen LogP contribution in [0.15, 0.2) is 0 Å². The first-order valence-corrected chi connectivity index (χ1v) is 5.74. The summed E-state index contributed by atoms with van der Waals surface area (Å²) in [7, 11) is 1.65. The average molecular weight is 265 g/mol. The topological polar surface area (TPSA) is 59.9 Å². The Morgan fingerprint density at radius 2 is 2.12 bits per heavy atom. The lowest BCUT2D eigenvalue weighted by molar-refractivity contribution is 0.182. The van der Waals surface area contributed by atoms with E-state index in [4.69, 9.17) is 27.9 Å². The molecule has 1 unspecified atom stereocenters. The molecule has 0 bridgehead atoms. The lowest BCUT2D eigenvalue weighted by Crippen LogP contribution is -2.25. The van der Waals surface area contributed by atoms with Crippen LogP contribution >= 0.6 is 23.2 Å². The third-order valence-electron chi connectivity index (χ3n) is 1.97. The van der Waals surface area contributed by atoms with Gasteiger partial charge in [-0.2, -0.15) is 4.98 Å². The highest BCUT2D eigenvalue weighted by Gasteiger charge is 2.12. The Labute approximate surface area is 105 Å². The molecular formula is C9H14Cl2N4O. The van der Waals surface area contributed by atoms with Crippen molar-refractivity contribution in [1.82, 2.24) is 15.2 Å². The minimum Gasteiger partial charge on any atom is -0.383 e. The van der Waals surface area contributed by atoms with E-state index in [9.17, 15) is 0 Å². The fourth-order valence-corrected chi connectivity index (χ4v) is 1.58. The second kappa shape index (κ2) is 6.83. The minimum atomic E-state index is 0.0690. The molecule has 7 heteroatoms. The molecule has 1 aromatic heterocycles. The Hall–Kier alpha value is -0.650. The summed E-state index contributed by atoms with van der Waals surface area (Å²) in [6, 6.07) is 0.139. The highest BCUT2D eigenvalue weighted by atomic mass is 35.5.